The molecule has 1 aromatic carbocycles. The van der Waals surface area contributed by atoms with Crippen molar-refractivity contribution in [3.63, 3.8) is 0 Å². The molecule has 4 atom stereocenters. The first-order valence-electron chi connectivity index (χ1n) is 10.3. The topological polar surface area (TPSA) is 58.2 Å². The Hall–Kier alpha value is -1.84. The SMILES string of the molecule is CC1CCCCC1C(=O)Nc1cccc(NC(=O)C2CCCCC2C)c1. The van der Waals surface area contributed by atoms with Gasteiger partial charge in [-0.3, -0.25) is 9.59 Å². The minimum Gasteiger partial charge on any atom is -0.326 e. The van der Waals surface area contributed by atoms with E-state index in [4.69, 9.17) is 0 Å². The quantitative estimate of drug-likeness (QED) is 0.777. The van der Waals surface area contributed by atoms with Gasteiger partial charge in [-0.05, 0) is 55.7 Å². The van der Waals surface area contributed by atoms with E-state index in [0.29, 0.717) is 11.8 Å². The Balaban J connectivity index is 1.60. The minimum atomic E-state index is 0.102. The summed E-state index contributed by atoms with van der Waals surface area (Å²) in [4.78, 5) is 25.2. The lowest BCUT2D eigenvalue weighted by Crippen LogP contribution is -2.31. The molecule has 26 heavy (non-hydrogen) atoms. The van der Waals surface area contributed by atoms with E-state index in [1.165, 1.54) is 12.8 Å². The van der Waals surface area contributed by atoms with E-state index in [1.807, 2.05) is 24.3 Å². The van der Waals surface area contributed by atoms with Crippen LogP contribution in [0.2, 0.25) is 0 Å². The molecule has 0 spiro atoms. The van der Waals surface area contributed by atoms with Crippen molar-refractivity contribution >= 4 is 23.2 Å². The Kier molecular flexibility index (Phi) is 6.33. The van der Waals surface area contributed by atoms with Crippen molar-refractivity contribution < 1.29 is 9.59 Å². The van der Waals surface area contributed by atoms with Crippen molar-refractivity contribution in [1.29, 1.82) is 0 Å². The summed E-state index contributed by atoms with van der Waals surface area (Å²) in [7, 11) is 0. The molecule has 2 N–H and O–H groups in total. The summed E-state index contributed by atoms with van der Waals surface area (Å²) in [6.07, 6.45) is 8.95. The summed E-state index contributed by atoms with van der Waals surface area (Å²) >= 11 is 0. The highest BCUT2D eigenvalue weighted by atomic mass is 16.2. The monoisotopic (exact) mass is 356 g/mol. The molecule has 4 heteroatoms. The number of hydrogen-bond acceptors (Lipinski definition) is 2. The lowest BCUT2D eigenvalue weighted by atomic mass is 9.80. The molecule has 1 aromatic rings. The Morgan fingerprint density at radius 1 is 0.769 bits per heavy atom. The van der Waals surface area contributed by atoms with Crippen LogP contribution in [-0.2, 0) is 9.59 Å². The molecule has 2 aliphatic carbocycles. The van der Waals surface area contributed by atoms with Crippen molar-refractivity contribution in [1.82, 2.24) is 0 Å². The summed E-state index contributed by atoms with van der Waals surface area (Å²) in [6.45, 7) is 4.34. The van der Waals surface area contributed by atoms with E-state index in [-0.39, 0.29) is 23.7 Å². The number of carbonyl (C=O) groups excluding carboxylic acids is 2. The maximum Gasteiger partial charge on any atom is 0.227 e. The van der Waals surface area contributed by atoms with Gasteiger partial charge in [0.25, 0.3) is 0 Å². The first kappa shape index (κ1) is 18.9. The lowest BCUT2D eigenvalue weighted by Gasteiger charge is -2.28. The molecule has 0 saturated heterocycles. The Labute approximate surface area is 157 Å². The summed E-state index contributed by atoms with van der Waals surface area (Å²) in [6, 6.07) is 7.55. The molecule has 0 bridgehead atoms. The summed E-state index contributed by atoms with van der Waals surface area (Å²) < 4.78 is 0. The van der Waals surface area contributed by atoms with Crippen LogP contribution in [0.3, 0.4) is 0 Å². The van der Waals surface area contributed by atoms with E-state index in [0.717, 1.165) is 49.9 Å². The fourth-order valence-electron chi connectivity index (χ4n) is 4.56. The van der Waals surface area contributed by atoms with Crippen molar-refractivity contribution in [3.05, 3.63) is 24.3 Å². The van der Waals surface area contributed by atoms with Gasteiger partial charge in [0.2, 0.25) is 11.8 Å². The van der Waals surface area contributed by atoms with E-state index in [2.05, 4.69) is 24.5 Å². The first-order valence-corrected chi connectivity index (χ1v) is 10.3. The van der Waals surface area contributed by atoms with Crippen molar-refractivity contribution in [2.75, 3.05) is 10.6 Å². The third-order valence-corrected chi connectivity index (χ3v) is 6.29. The van der Waals surface area contributed by atoms with Crippen molar-refractivity contribution in [3.8, 4) is 0 Å². The smallest absolute Gasteiger partial charge is 0.227 e. The molecule has 0 heterocycles. The average Bonchev–Trinajstić information content (AvgIpc) is 2.62. The summed E-state index contributed by atoms with van der Waals surface area (Å²) in [5.74, 6) is 1.32. The lowest BCUT2D eigenvalue weighted by molar-refractivity contribution is -0.123. The maximum absolute atomic E-state index is 12.6. The predicted molar refractivity (Wildman–Crippen MR) is 106 cm³/mol. The molecule has 4 nitrogen and oxygen atoms in total. The van der Waals surface area contributed by atoms with Crippen LogP contribution >= 0.6 is 0 Å². The third-order valence-electron chi connectivity index (χ3n) is 6.29. The molecular weight excluding hydrogens is 324 g/mol. The number of benzene rings is 1. The van der Waals surface area contributed by atoms with E-state index < -0.39 is 0 Å². The van der Waals surface area contributed by atoms with Crippen LogP contribution in [0, 0.1) is 23.7 Å². The van der Waals surface area contributed by atoms with Crippen molar-refractivity contribution in [2.24, 2.45) is 23.7 Å². The van der Waals surface area contributed by atoms with Crippen LogP contribution in [0.15, 0.2) is 24.3 Å². The largest absolute Gasteiger partial charge is 0.326 e. The van der Waals surface area contributed by atoms with Gasteiger partial charge in [-0.15, -0.1) is 0 Å². The highest BCUT2D eigenvalue weighted by molar-refractivity contribution is 5.96. The fraction of sp³-hybridized carbons (Fsp3) is 0.636. The van der Waals surface area contributed by atoms with E-state index >= 15 is 0 Å². The van der Waals surface area contributed by atoms with Crippen LogP contribution in [0.1, 0.15) is 65.2 Å². The van der Waals surface area contributed by atoms with Crippen LogP contribution in [0.4, 0.5) is 11.4 Å². The molecular formula is C22H32N2O2. The van der Waals surface area contributed by atoms with Gasteiger partial charge in [-0.2, -0.15) is 0 Å². The van der Waals surface area contributed by atoms with Gasteiger partial charge < -0.3 is 10.6 Å². The normalized spacial score (nSPS) is 29.0. The van der Waals surface area contributed by atoms with Crippen LogP contribution in [-0.4, -0.2) is 11.8 Å². The molecule has 0 aromatic heterocycles. The molecule has 3 rings (SSSR count). The highest BCUT2D eigenvalue weighted by Crippen LogP contribution is 2.32. The van der Waals surface area contributed by atoms with Gasteiger partial charge in [-0.1, -0.05) is 45.6 Å². The molecule has 0 aliphatic heterocycles. The van der Waals surface area contributed by atoms with Gasteiger partial charge in [0.05, 0.1) is 0 Å². The molecule has 0 radical (unpaired) electrons. The first-order chi connectivity index (χ1) is 12.5. The molecule has 2 amide bonds. The van der Waals surface area contributed by atoms with Gasteiger partial charge in [-0.25, -0.2) is 0 Å². The third kappa shape index (κ3) is 4.66. The number of carbonyl (C=O) groups is 2. The van der Waals surface area contributed by atoms with Crippen LogP contribution in [0.25, 0.3) is 0 Å². The Morgan fingerprint density at radius 3 is 1.62 bits per heavy atom. The van der Waals surface area contributed by atoms with Crippen LogP contribution in [0.5, 0.6) is 0 Å². The standard InChI is InChI=1S/C22H32N2O2/c1-15-8-3-5-12-19(15)21(25)23-17-10-7-11-18(14-17)24-22(26)20-13-6-4-9-16(20)2/h7,10-11,14-16,19-20H,3-6,8-9,12-13H2,1-2H3,(H,23,25)(H,24,26). The van der Waals surface area contributed by atoms with E-state index in [1.54, 1.807) is 0 Å². The van der Waals surface area contributed by atoms with Crippen molar-refractivity contribution in [2.45, 2.75) is 65.2 Å². The predicted octanol–water partition coefficient (Wildman–Crippen LogP) is 5.22. The fourth-order valence-corrected chi connectivity index (χ4v) is 4.56. The molecule has 4 unspecified atom stereocenters. The molecule has 142 valence electrons. The second-order valence-electron chi connectivity index (χ2n) is 8.30. The average molecular weight is 357 g/mol. The number of hydrogen-bond donors (Lipinski definition) is 2. The maximum atomic E-state index is 12.6. The Bertz CT molecular complexity index is 592. The number of rotatable bonds is 4. The number of nitrogens with one attached hydrogen (secondary N) is 2. The highest BCUT2D eigenvalue weighted by Gasteiger charge is 2.29. The van der Waals surface area contributed by atoms with Gasteiger partial charge in [0, 0.05) is 23.2 Å². The summed E-state index contributed by atoms with van der Waals surface area (Å²) in [5.41, 5.74) is 1.53. The molecule has 2 saturated carbocycles. The van der Waals surface area contributed by atoms with Gasteiger partial charge in [0.1, 0.15) is 0 Å². The Morgan fingerprint density at radius 2 is 1.19 bits per heavy atom. The minimum absolute atomic E-state index is 0.102. The van der Waals surface area contributed by atoms with Crippen LogP contribution < -0.4 is 10.6 Å². The van der Waals surface area contributed by atoms with E-state index in [9.17, 15) is 9.59 Å². The van der Waals surface area contributed by atoms with Gasteiger partial charge in [0.15, 0.2) is 0 Å². The summed E-state index contributed by atoms with van der Waals surface area (Å²) in [5, 5.41) is 6.11. The van der Waals surface area contributed by atoms with Gasteiger partial charge >= 0.3 is 0 Å². The zero-order chi connectivity index (χ0) is 18.5. The molecule has 2 aliphatic rings. The molecule has 2 fully saturated rings. The second-order valence-corrected chi connectivity index (χ2v) is 8.30. The second kappa shape index (κ2) is 8.70. The number of amides is 2. The zero-order valence-electron chi connectivity index (χ0n) is 16.1. The number of anilines is 2. The zero-order valence-corrected chi connectivity index (χ0v) is 16.1.